The zero-order valence-corrected chi connectivity index (χ0v) is 22.6. The molecule has 2 heterocycles. The molecule has 0 bridgehead atoms. The third kappa shape index (κ3) is 5.67. The molecule has 4 rings (SSSR count). The van der Waals surface area contributed by atoms with Gasteiger partial charge in [0.1, 0.15) is 11.5 Å². The van der Waals surface area contributed by atoms with Gasteiger partial charge in [0.2, 0.25) is 0 Å². The Bertz CT molecular complexity index is 1300. The summed E-state index contributed by atoms with van der Waals surface area (Å²) in [6.07, 6.45) is 5.47. The van der Waals surface area contributed by atoms with Crippen LogP contribution in [0.5, 0.6) is 17.2 Å². The van der Waals surface area contributed by atoms with Crippen molar-refractivity contribution in [1.82, 2.24) is 4.98 Å². The van der Waals surface area contributed by atoms with E-state index in [1.807, 2.05) is 6.92 Å². The molecule has 9 heteroatoms. The molecule has 1 atom stereocenters. The molecule has 8 nitrogen and oxygen atoms in total. The van der Waals surface area contributed by atoms with E-state index in [2.05, 4.69) is 11.9 Å². The van der Waals surface area contributed by atoms with Crippen molar-refractivity contribution >= 4 is 33.9 Å². The van der Waals surface area contributed by atoms with Gasteiger partial charge in [0.25, 0.3) is 5.78 Å². The van der Waals surface area contributed by atoms with Crippen molar-refractivity contribution in [2.75, 3.05) is 25.2 Å². The highest BCUT2D eigenvalue weighted by Gasteiger charge is 2.48. The number of aromatic nitrogens is 1. The molecule has 1 aliphatic rings. The molecule has 1 unspecified atom stereocenters. The van der Waals surface area contributed by atoms with Gasteiger partial charge in [-0.15, -0.1) is 11.3 Å². The Balaban J connectivity index is 1.80. The average molecular weight is 537 g/mol. The molecule has 3 aromatic rings. The maximum atomic E-state index is 13.4. The van der Waals surface area contributed by atoms with Crippen LogP contribution in [-0.2, 0) is 9.59 Å². The smallest absolute Gasteiger partial charge is 0.301 e. The van der Waals surface area contributed by atoms with Crippen LogP contribution < -0.4 is 19.1 Å². The molecule has 1 aliphatic heterocycles. The molecule has 1 N–H and O–H groups in total. The van der Waals surface area contributed by atoms with Crippen LogP contribution in [0.25, 0.3) is 5.76 Å². The zero-order valence-electron chi connectivity index (χ0n) is 21.8. The predicted octanol–water partition coefficient (Wildman–Crippen LogP) is 6.14. The molecular weight excluding hydrogens is 504 g/mol. The summed E-state index contributed by atoms with van der Waals surface area (Å²) in [5.74, 6) is -0.232. The highest BCUT2D eigenvalue weighted by atomic mass is 32.1. The zero-order chi connectivity index (χ0) is 27.1. The summed E-state index contributed by atoms with van der Waals surface area (Å²) in [5, 5.41) is 13.5. The van der Waals surface area contributed by atoms with E-state index in [0.717, 1.165) is 25.7 Å². The first-order valence-electron chi connectivity index (χ1n) is 12.7. The molecule has 0 spiro atoms. The van der Waals surface area contributed by atoms with Gasteiger partial charge in [0, 0.05) is 17.1 Å². The number of benzene rings is 2. The summed E-state index contributed by atoms with van der Waals surface area (Å²) in [6.45, 7) is 5.20. The van der Waals surface area contributed by atoms with Gasteiger partial charge in [0.05, 0.1) is 31.9 Å². The number of aliphatic hydroxyl groups excluding tert-OH is 1. The van der Waals surface area contributed by atoms with Crippen LogP contribution in [0.2, 0.25) is 0 Å². The van der Waals surface area contributed by atoms with Crippen molar-refractivity contribution in [3.05, 3.63) is 70.7 Å². The third-order valence-corrected chi connectivity index (χ3v) is 6.93. The lowest BCUT2D eigenvalue weighted by molar-refractivity contribution is -0.132. The Morgan fingerprint density at radius 2 is 1.87 bits per heavy atom. The van der Waals surface area contributed by atoms with Crippen molar-refractivity contribution in [3.8, 4) is 17.2 Å². The average Bonchev–Trinajstić information content (AvgIpc) is 3.56. The molecular formula is C29H32N2O6S. The molecule has 38 heavy (non-hydrogen) atoms. The number of rotatable bonds is 12. The Morgan fingerprint density at radius 1 is 1.03 bits per heavy atom. The fourth-order valence-electron chi connectivity index (χ4n) is 4.30. The van der Waals surface area contributed by atoms with Crippen molar-refractivity contribution < 1.29 is 28.9 Å². The number of methoxy groups -OCH3 is 1. The second kappa shape index (κ2) is 12.6. The standard InChI is InChI=1S/C29H32N2O6S/c1-4-6-7-15-37-22-12-11-19(18-23(22)35-3)25-24(27(33)28(34)31(25)29-30-13-16-38-29)26(32)20-9-8-10-21(17-20)36-14-5-2/h8-13,16-18,25,32H,4-7,14-15H2,1-3H3. The molecule has 0 radical (unpaired) electrons. The number of amides is 1. The number of nitrogens with zero attached hydrogens (tertiary/aromatic N) is 2. The highest BCUT2D eigenvalue weighted by molar-refractivity contribution is 7.14. The van der Waals surface area contributed by atoms with Crippen molar-refractivity contribution in [3.63, 3.8) is 0 Å². The van der Waals surface area contributed by atoms with E-state index >= 15 is 0 Å². The number of unbranched alkanes of at least 4 members (excludes halogenated alkanes) is 2. The van der Waals surface area contributed by atoms with E-state index in [4.69, 9.17) is 14.2 Å². The van der Waals surface area contributed by atoms with Crippen molar-refractivity contribution in [2.24, 2.45) is 0 Å². The SMILES string of the molecule is CCCCCOc1ccc(C2C(=C(O)c3cccc(OCCC)c3)C(=O)C(=O)N2c2nccs2)cc1OC. The Labute approximate surface area is 226 Å². The highest BCUT2D eigenvalue weighted by Crippen LogP contribution is 2.44. The fourth-order valence-corrected chi connectivity index (χ4v) is 4.96. The van der Waals surface area contributed by atoms with E-state index in [1.54, 1.807) is 54.0 Å². The van der Waals surface area contributed by atoms with Crippen LogP contribution in [0.3, 0.4) is 0 Å². The number of hydrogen-bond donors (Lipinski definition) is 1. The minimum atomic E-state index is -0.913. The first-order valence-corrected chi connectivity index (χ1v) is 13.6. The summed E-state index contributed by atoms with van der Waals surface area (Å²) >= 11 is 1.24. The van der Waals surface area contributed by atoms with Gasteiger partial charge in [-0.3, -0.25) is 14.5 Å². The molecule has 0 saturated carbocycles. The Kier molecular flexibility index (Phi) is 9.02. The lowest BCUT2D eigenvalue weighted by Crippen LogP contribution is -2.29. The van der Waals surface area contributed by atoms with Gasteiger partial charge in [-0.1, -0.05) is 44.9 Å². The summed E-state index contributed by atoms with van der Waals surface area (Å²) < 4.78 is 17.2. The van der Waals surface area contributed by atoms with Crippen LogP contribution in [0.15, 0.2) is 59.6 Å². The fraction of sp³-hybridized carbons (Fsp3) is 0.345. The lowest BCUT2D eigenvalue weighted by Gasteiger charge is -2.24. The summed E-state index contributed by atoms with van der Waals surface area (Å²) in [5.41, 5.74) is 0.928. The molecule has 1 fully saturated rings. The predicted molar refractivity (Wildman–Crippen MR) is 147 cm³/mol. The van der Waals surface area contributed by atoms with Crippen molar-refractivity contribution in [2.45, 2.75) is 45.6 Å². The largest absolute Gasteiger partial charge is 0.507 e. The van der Waals surface area contributed by atoms with Gasteiger partial charge < -0.3 is 19.3 Å². The number of carbonyl (C=O) groups excluding carboxylic acids is 2. The Morgan fingerprint density at radius 3 is 2.58 bits per heavy atom. The number of carbonyl (C=O) groups is 2. The van der Waals surface area contributed by atoms with E-state index in [1.165, 1.54) is 23.3 Å². The number of ether oxygens (including phenoxy) is 3. The number of aliphatic hydroxyl groups is 1. The van der Waals surface area contributed by atoms with Crippen LogP contribution in [0, 0.1) is 0 Å². The van der Waals surface area contributed by atoms with Crippen LogP contribution >= 0.6 is 11.3 Å². The van der Waals surface area contributed by atoms with E-state index in [9.17, 15) is 14.7 Å². The van der Waals surface area contributed by atoms with E-state index in [0.29, 0.717) is 46.7 Å². The first kappa shape index (κ1) is 27.2. The molecule has 0 aliphatic carbocycles. The van der Waals surface area contributed by atoms with Crippen LogP contribution in [0.1, 0.15) is 56.7 Å². The number of anilines is 1. The topological polar surface area (TPSA) is 98.2 Å². The first-order chi connectivity index (χ1) is 18.5. The number of Topliss-reactive ketones (excluding diaryl/α,β-unsaturated/α-hetero) is 1. The summed E-state index contributed by atoms with van der Waals surface area (Å²) in [4.78, 5) is 32.3. The number of hydrogen-bond acceptors (Lipinski definition) is 8. The second-order valence-corrected chi connectivity index (χ2v) is 9.70. The molecule has 1 saturated heterocycles. The minimum Gasteiger partial charge on any atom is -0.507 e. The monoisotopic (exact) mass is 536 g/mol. The Hall–Kier alpha value is -3.85. The van der Waals surface area contributed by atoms with Crippen molar-refractivity contribution in [1.29, 1.82) is 0 Å². The van der Waals surface area contributed by atoms with Gasteiger partial charge >= 0.3 is 5.91 Å². The summed E-state index contributed by atoms with van der Waals surface area (Å²) in [7, 11) is 1.54. The maximum Gasteiger partial charge on any atom is 0.301 e. The molecule has 1 aromatic heterocycles. The maximum absolute atomic E-state index is 13.4. The van der Waals surface area contributed by atoms with Gasteiger partial charge in [-0.05, 0) is 42.7 Å². The molecule has 1 amide bonds. The quantitative estimate of drug-likeness (QED) is 0.129. The number of thiazole rings is 1. The van der Waals surface area contributed by atoms with E-state index in [-0.39, 0.29) is 11.3 Å². The number of ketones is 1. The second-order valence-electron chi connectivity index (χ2n) is 8.83. The minimum absolute atomic E-state index is 0.0310. The van der Waals surface area contributed by atoms with Crippen LogP contribution in [-0.4, -0.2) is 42.1 Å². The normalized spacial score (nSPS) is 16.6. The van der Waals surface area contributed by atoms with Gasteiger partial charge in [-0.25, -0.2) is 4.98 Å². The van der Waals surface area contributed by atoms with E-state index < -0.39 is 17.7 Å². The lowest BCUT2D eigenvalue weighted by atomic mass is 9.95. The molecule has 2 aromatic carbocycles. The molecule has 200 valence electrons. The van der Waals surface area contributed by atoms with Gasteiger partial charge in [0.15, 0.2) is 16.6 Å². The van der Waals surface area contributed by atoms with Gasteiger partial charge in [-0.2, -0.15) is 0 Å². The van der Waals surface area contributed by atoms with Crippen LogP contribution in [0.4, 0.5) is 5.13 Å². The summed E-state index contributed by atoms with van der Waals surface area (Å²) in [6, 6.07) is 11.2. The third-order valence-electron chi connectivity index (χ3n) is 6.16.